The fourth-order valence-electron chi connectivity index (χ4n) is 3.01. The topological polar surface area (TPSA) is 116 Å². The van der Waals surface area contributed by atoms with Gasteiger partial charge in [-0.3, -0.25) is 11.5 Å². The second kappa shape index (κ2) is 14.1. The van der Waals surface area contributed by atoms with Crippen molar-refractivity contribution in [3.8, 4) is 23.1 Å². The number of aromatic nitrogens is 2. The zero-order valence-corrected chi connectivity index (χ0v) is 22.4. The fourth-order valence-corrected chi connectivity index (χ4v) is 3.34. The molecule has 0 spiro atoms. The van der Waals surface area contributed by atoms with Gasteiger partial charge in [-0.05, 0) is 44.0 Å². The number of benzene rings is 1. The van der Waals surface area contributed by atoms with Crippen LogP contribution in [0.15, 0.2) is 47.7 Å². The number of hydrogen-bond donors (Lipinski definition) is 1. The van der Waals surface area contributed by atoms with Gasteiger partial charge in [0, 0.05) is 34.3 Å². The third kappa shape index (κ3) is 7.54. The van der Waals surface area contributed by atoms with Gasteiger partial charge in [-0.15, -0.1) is 0 Å². The third-order valence-corrected chi connectivity index (χ3v) is 5.28. The first kappa shape index (κ1) is 29.6. The summed E-state index contributed by atoms with van der Waals surface area (Å²) in [6, 6.07) is 5.65. The van der Waals surface area contributed by atoms with E-state index in [2.05, 4.69) is 18.0 Å². The molecular formula is C24H23Cl2N5NbO2. The number of ether oxygens (including phenoxy) is 1. The first-order valence-electron chi connectivity index (χ1n) is 10.0. The molecule has 2 aromatic rings. The van der Waals surface area contributed by atoms with Crippen molar-refractivity contribution in [1.82, 2.24) is 9.78 Å². The van der Waals surface area contributed by atoms with Crippen molar-refractivity contribution in [3.63, 3.8) is 0 Å². The molecule has 175 valence electrons. The van der Waals surface area contributed by atoms with E-state index < -0.39 is 0 Å². The van der Waals surface area contributed by atoms with Crippen LogP contribution in [0.5, 0.6) is 5.75 Å². The number of hydrogen-bond acceptors (Lipinski definition) is 5. The van der Waals surface area contributed by atoms with Crippen LogP contribution in [0, 0.1) is 11.3 Å². The summed E-state index contributed by atoms with van der Waals surface area (Å²) in [6.45, 7) is 5.08. The second-order valence-electron chi connectivity index (χ2n) is 7.09. The summed E-state index contributed by atoms with van der Waals surface area (Å²) in [6.07, 6.45) is 10.4. The van der Waals surface area contributed by atoms with Crippen LogP contribution in [0.25, 0.3) is 22.2 Å². The molecule has 2 N–H and O–H groups in total. The molecule has 1 aliphatic carbocycles. The smallest absolute Gasteiger partial charge is 0.807 e. The molecule has 0 aliphatic heterocycles. The Morgan fingerprint density at radius 3 is 2.65 bits per heavy atom. The van der Waals surface area contributed by atoms with Crippen molar-refractivity contribution in [2.24, 2.45) is 12.8 Å². The quantitative estimate of drug-likeness (QED) is 0.157. The summed E-state index contributed by atoms with van der Waals surface area (Å²) in [5.41, 5.74) is 8.56. The van der Waals surface area contributed by atoms with Gasteiger partial charge in [-0.1, -0.05) is 41.4 Å². The van der Waals surface area contributed by atoms with Crippen LogP contribution in [-0.4, -0.2) is 34.9 Å². The summed E-state index contributed by atoms with van der Waals surface area (Å²) in [5.74, 6) is 0.460. The number of nitrogens with two attached hydrogens (primary N) is 1. The van der Waals surface area contributed by atoms with Gasteiger partial charge in [0.25, 0.3) is 0 Å². The van der Waals surface area contributed by atoms with Gasteiger partial charge in [0.05, 0.1) is 18.0 Å². The molecule has 1 fully saturated rings. The first-order chi connectivity index (χ1) is 15.9. The normalized spacial score (nSPS) is 13.5. The minimum atomic E-state index is 0. The molecular weight excluding hydrogens is 554 g/mol. The van der Waals surface area contributed by atoms with Gasteiger partial charge >= 0.3 is 22.4 Å². The maximum atomic E-state index is 9.92. The molecule has 1 radical (unpaired) electrons. The first-order valence-corrected chi connectivity index (χ1v) is 10.8. The number of aryl methyl sites for hydroxylation is 1. The number of nitrogens with zero attached hydrogens (tertiary/aromatic N) is 4. The van der Waals surface area contributed by atoms with Crippen LogP contribution in [0.3, 0.4) is 0 Å². The third-order valence-electron chi connectivity index (χ3n) is 4.74. The minimum absolute atomic E-state index is 0. The average molecular weight is 577 g/mol. The molecule has 0 amide bonds. The number of nitriles is 1. The van der Waals surface area contributed by atoms with Crippen molar-refractivity contribution in [2.45, 2.75) is 25.9 Å². The number of rotatable bonds is 8. The predicted octanol–water partition coefficient (Wildman–Crippen LogP) is 4.93. The number of allylic oxidation sites excluding steroid dienone is 5. The van der Waals surface area contributed by atoms with Gasteiger partial charge < -0.3 is 20.7 Å². The molecule has 0 saturated heterocycles. The Morgan fingerprint density at radius 1 is 1.41 bits per heavy atom. The van der Waals surface area contributed by atoms with Crippen LogP contribution < -0.4 is 10.5 Å². The second-order valence-corrected chi connectivity index (χ2v) is 7.96. The van der Waals surface area contributed by atoms with E-state index in [0.717, 1.165) is 12.8 Å². The van der Waals surface area contributed by atoms with Crippen molar-refractivity contribution < 1.29 is 31.9 Å². The van der Waals surface area contributed by atoms with E-state index in [1.807, 2.05) is 6.92 Å². The monoisotopic (exact) mass is 576 g/mol. The molecule has 1 aromatic heterocycles. The van der Waals surface area contributed by atoms with Crippen LogP contribution >= 0.6 is 23.2 Å². The van der Waals surface area contributed by atoms with Crippen molar-refractivity contribution in [1.29, 1.82) is 5.26 Å². The van der Waals surface area contributed by atoms with E-state index in [4.69, 9.17) is 38.5 Å². The van der Waals surface area contributed by atoms with Crippen molar-refractivity contribution in [2.75, 3.05) is 6.54 Å². The molecule has 1 heterocycles. The van der Waals surface area contributed by atoms with Crippen molar-refractivity contribution in [3.05, 3.63) is 69.2 Å². The molecule has 34 heavy (non-hydrogen) atoms. The van der Waals surface area contributed by atoms with E-state index in [9.17, 15) is 10.7 Å². The van der Waals surface area contributed by atoms with Gasteiger partial charge in [-0.2, -0.15) is 16.1 Å². The molecule has 10 heteroatoms. The molecule has 0 atom stereocenters. The molecule has 1 aromatic carbocycles. The Hall–Kier alpha value is -2.44. The maximum Gasteiger partial charge on any atom is 2.00 e. The largest absolute Gasteiger partial charge is 2.00 e. The van der Waals surface area contributed by atoms with Gasteiger partial charge in [0.1, 0.15) is 17.4 Å². The Balaban J connectivity index is 0.00000188. The Bertz CT molecular complexity index is 1160. The summed E-state index contributed by atoms with van der Waals surface area (Å²) in [4.78, 5) is 7.75. The number of halogens is 2. The zero-order chi connectivity index (χ0) is 24.5. The Labute approximate surface area is 224 Å². The van der Waals surface area contributed by atoms with Crippen LogP contribution in [-0.2, 0) is 34.2 Å². The molecule has 1 saturated carbocycles. The van der Waals surface area contributed by atoms with Gasteiger partial charge in [0.2, 0.25) is 0 Å². The average Bonchev–Trinajstić information content (AvgIpc) is 3.55. The van der Waals surface area contributed by atoms with Crippen LogP contribution in [0.1, 0.15) is 30.9 Å². The van der Waals surface area contributed by atoms with Crippen LogP contribution in [0.4, 0.5) is 0 Å². The van der Waals surface area contributed by atoms with E-state index in [1.165, 1.54) is 6.08 Å². The summed E-state index contributed by atoms with van der Waals surface area (Å²) in [7, 11) is 1.78. The molecule has 3 rings (SSSR count). The maximum absolute atomic E-state index is 9.92. The molecule has 0 unspecified atom stereocenters. The molecule has 7 nitrogen and oxygen atoms in total. The SMILES string of the molecule is C/C=C(Cl)/C=C(\C=C\C(=[N-])CN)c1cnn(C)c1-c1cc(Cl)cc(OC2CC2)c1C#N.[CH-]=O.[Nb+2]. The molecule has 1 aliphatic rings. The van der Waals surface area contributed by atoms with E-state index >= 15 is 0 Å². The summed E-state index contributed by atoms with van der Waals surface area (Å²) >= 11 is 12.7. The number of carbonyl (C=O) groups excluding carboxylic acids is 1. The summed E-state index contributed by atoms with van der Waals surface area (Å²) in [5, 5.41) is 25.1. The predicted molar refractivity (Wildman–Crippen MR) is 133 cm³/mol. The van der Waals surface area contributed by atoms with E-state index in [0.29, 0.717) is 43.8 Å². The molecule has 0 bridgehead atoms. The van der Waals surface area contributed by atoms with E-state index in [1.54, 1.807) is 48.3 Å². The van der Waals surface area contributed by atoms with Crippen molar-refractivity contribution >= 4 is 41.3 Å². The van der Waals surface area contributed by atoms with E-state index in [-0.39, 0.29) is 40.7 Å². The van der Waals surface area contributed by atoms with Gasteiger partial charge in [-0.25, -0.2) is 0 Å². The van der Waals surface area contributed by atoms with Crippen LogP contribution in [0.2, 0.25) is 5.02 Å². The summed E-state index contributed by atoms with van der Waals surface area (Å²) < 4.78 is 7.60. The standard InChI is InChI=1S/C23H22Cl2N5O.CHO.Nb/c1-3-15(24)8-14(4-5-17(28)11-26)21-13-29-30(2)23(21)19-9-16(25)10-22(20(19)12-27)31-18-6-7-18;1-2;/h3-5,8-10,13,18H,6-7,11,26H2,1-2H3;1H;/q2*-1;+2/b5-4+,14-8+,15-3-;;. The Morgan fingerprint density at radius 2 is 2.09 bits per heavy atom. The fraction of sp³-hybridized carbons (Fsp3) is 0.250. The zero-order valence-electron chi connectivity index (χ0n) is 18.7. The Kier molecular flexibility index (Phi) is 12.2. The minimum Gasteiger partial charge on any atom is -0.807 e. The van der Waals surface area contributed by atoms with Gasteiger partial charge in [0.15, 0.2) is 0 Å².